The summed E-state index contributed by atoms with van der Waals surface area (Å²) in [6.45, 7) is 8.72. The first kappa shape index (κ1) is 15.7. The van der Waals surface area contributed by atoms with Crippen LogP contribution in [0.2, 0.25) is 0 Å². The zero-order chi connectivity index (χ0) is 14.3. The molecule has 0 saturated carbocycles. The van der Waals surface area contributed by atoms with Gasteiger partial charge in [-0.3, -0.25) is 0 Å². The van der Waals surface area contributed by atoms with E-state index < -0.39 is 0 Å². The lowest BCUT2D eigenvalue weighted by atomic mass is 9.95. The molecule has 0 radical (unpaired) electrons. The van der Waals surface area contributed by atoms with E-state index in [1.54, 1.807) is 12.1 Å². The Morgan fingerprint density at radius 3 is 2.26 bits per heavy atom. The summed E-state index contributed by atoms with van der Waals surface area (Å²) < 4.78 is 5.68. The number of carbonyl (C=O) groups is 1. The van der Waals surface area contributed by atoms with Gasteiger partial charge in [-0.25, -0.2) is 4.79 Å². The van der Waals surface area contributed by atoms with Gasteiger partial charge >= 0.3 is 5.97 Å². The summed E-state index contributed by atoms with van der Waals surface area (Å²) >= 11 is 0. The van der Waals surface area contributed by atoms with E-state index in [-0.39, 0.29) is 12.1 Å². The molecule has 0 fully saturated rings. The maximum absolute atomic E-state index is 12.1. The Balaban J connectivity index is 2.63. The van der Waals surface area contributed by atoms with Crippen LogP contribution in [0.1, 0.15) is 57.3 Å². The van der Waals surface area contributed by atoms with E-state index in [0.29, 0.717) is 17.4 Å². The second-order valence-corrected chi connectivity index (χ2v) is 5.77. The summed E-state index contributed by atoms with van der Waals surface area (Å²) in [5.41, 5.74) is 0.639. The highest BCUT2D eigenvalue weighted by atomic mass is 16.5. The normalized spacial score (nSPS) is 14.2. The van der Waals surface area contributed by atoms with Crippen LogP contribution in [0.3, 0.4) is 0 Å². The van der Waals surface area contributed by atoms with Crippen LogP contribution in [0.25, 0.3) is 0 Å². The van der Waals surface area contributed by atoms with Gasteiger partial charge in [0.25, 0.3) is 0 Å². The SMILES string of the molecule is CC[C@@H](C)C[C@@H](CC(C)C)OC(=O)c1ccccc1. The molecule has 19 heavy (non-hydrogen) atoms. The van der Waals surface area contributed by atoms with Crippen LogP contribution in [0.15, 0.2) is 30.3 Å². The third kappa shape index (κ3) is 5.91. The third-order valence-corrected chi connectivity index (χ3v) is 3.38. The monoisotopic (exact) mass is 262 g/mol. The van der Waals surface area contributed by atoms with Crippen molar-refractivity contribution in [3.05, 3.63) is 35.9 Å². The fourth-order valence-corrected chi connectivity index (χ4v) is 2.13. The van der Waals surface area contributed by atoms with E-state index in [1.165, 1.54) is 0 Å². The average Bonchev–Trinajstić information content (AvgIpc) is 2.38. The number of carbonyl (C=O) groups excluding carboxylic acids is 1. The lowest BCUT2D eigenvalue weighted by Crippen LogP contribution is -2.22. The standard InChI is InChI=1S/C17H26O2/c1-5-14(4)12-16(11-13(2)3)19-17(18)15-9-7-6-8-10-15/h6-10,13-14,16H,5,11-12H2,1-4H3/t14-,16-/m1/s1. The molecule has 2 heteroatoms. The smallest absolute Gasteiger partial charge is 0.338 e. The summed E-state index contributed by atoms with van der Waals surface area (Å²) in [6.07, 6.45) is 3.04. The van der Waals surface area contributed by atoms with E-state index in [2.05, 4.69) is 27.7 Å². The number of rotatable bonds is 7. The van der Waals surface area contributed by atoms with Crippen LogP contribution < -0.4 is 0 Å². The molecule has 0 aliphatic rings. The second kappa shape index (κ2) is 7.98. The molecule has 2 atom stereocenters. The van der Waals surface area contributed by atoms with E-state index in [9.17, 15) is 4.79 Å². The largest absolute Gasteiger partial charge is 0.459 e. The Bertz CT molecular complexity index is 370. The van der Waals surface area contributed by atoms with Gasteiger partial charge in [0, 0.05) is 0 Å². The van der Waals surface area contributed by atoms with Crippen LogP contribution in [-0.2, 0) is 4.74 Å². The highest BCUT2D eigenvalue weighted by Gasteiger charge is 2.19. The molecule has 0 spiro atoms. The van der Waals surface area contributed by atoms with Gasteiger partial charge in [0.2, 0.25) is 0 Å². The molecule has 1 aromatic rings. The topological polar surface area (TPSA) is 26.3 Å². The first-order chi connectivity index (χ1) is 9.02. The van der Waals surface area contributed by atoms with Gasteiger partial charge in [0.1, 0.15) is 6.10 Å². The Labute approximate surface area is 117 Å². The van der Waals surface area contributed by atoms with Crippen molar-refractivity contribution in [2.24, 2.45) is 11.8 Å². The molecule has 0 bridgehead atoms. The highest BCUT2D eigenvalue weighted by molar-refractivity contribution is 5.89. The Hall–Kier alpha value is -1.31. The lowest BCUT2D eigenvalue weighted by Gasteiger charge is -2.22. The minimum absolute atomic E-state index is 0.0302. The first-order valence-corrected chi connectivity index (χ1v) is 7.29. The van der Waals surface area contributed by atoms with Gasteiger partial charge in [-0.15, -0.1) is 0 Å². The number of esters is 1. The van der Waals surface area contributed by atoms with Crippen molar-refractivity contribution < 1.29 is 9.53 Å². The first-order valence-electron chi connectivity index (χ1n) is 7.29. The minimum Gasteiger partial charge on any atom is -0.459 e. The highest BCUT2D eigenvalue weighted by Crippen LogP contribution is 2.20. The van der Waals surface area contributed by atoms with Gasteiger partial charge < -0.3 is 4.74 Å². The molecule has 1 rings (SSSR count). The van der Waals surface area contributed by atoms with Crippen LogP contribution >= 0.6 is 0 Å². The molecule has 0 aliphatic carbocycles. The molecule has 0 N–H and O–H groups in total. The number of ether oxygens (including phenoxy) is 1. The van der Waals surface area contributed by atoms with Crippen molar-refractivity contribution in [2.45, 2.75) is 53.1 Å². The molecule has 106 valence electrons. The maximum atomic E-state index is 12.1. The molecule has 1 aromatic carbocycles. The zero-order valence-electron chi connectivity index (χ0n) is 12.6. The van der Waals surface area contributed by atoms with Gasteiger partial charge in [0.15, 0.2) is 0 Å². The quantitative estimate of drug-likeness (QED) is 0.666. The van der Waals surface area contributed by atoms with Gasteiger partial charge in [-0.2, -0.15) is 0 Å². The van der Waals surface area contributed by atoms with E-state index in [1.807, 2.05) is 18.2 Å². The van der Waals surface area contributed by atoms with Crippen molar-refractivity contribution in [2.75, 3.05) is 0 Å². The zero-order valence-corrected chi connectivity index (χ0v) is 12.6. The van der Waals surface area contributed by atoms with Gasteiger partial charge in [0.05, 0.1) is 5.56 Å². The van der Waals surface area contributed by atoms with Crippen molar-refractivity contribution in [3.8, 4) is 0 Å². The average molecular weight is 262 g/mol. The van der Waals surface area contributed by atoms with Crippen LogP contribution in [0, 0.1) is 11.8 Å². The van der Waals surface area contributed by atoms with Crippen molar-refractivity contribution in [1.82, 2.24) is 0 Å². The Morgan fingerprint density at radius 2 is 1.74 bits per heavy atom. The molecular formula is C17H26O2. The number of hydrogen-bond donors (Lipinski definition) is 0. The summed E-state index contributed by atoms with van der Waals surface area (Å²) in [4.78, 5) is 12.1. The predicted octanol–water partition coefficient (Wildman–Crippen LogP) is 4.69. The van der Waals surface area contributed by atoms with E-state index in [0.717, 1.165) is 19.3 Å². The molecular weight excluding hydrogens is 236 g/mol. The summed E-state index contributed by atoms with van der Waals surface area (Å²) in [5, 5.41) is 0. The molecule has 0 aromatic heterocycles. The minimum atomic E-state index is -0.199. The number of benzene rings is 1. The second-order valence-electron chi connectivity index (χ2n) is 5.77. The van der Waals surface area contributed by atoms with Crippen molar-refractivity contribution >= 4 is 5.97 Å². The van der Waals surface area contributed by atoms with Crippen LogP contribution in [0.4, 0.5) is 0 Å². The summed E-state index contributed by atoms with van der Waals surface area (Å²) in [6, 6.07) is 9.24. The fraction of sp³-hybridized carbons (Fsp3) is 0.588. The van der Waals surface area contributed by atoms with Crippen molar-refractivity contribution in [3.63, 3.8) is 0 Å². The Kier molecular flexibility index (Phi) is 6.61. The maximum Gasteiger partial charge on any atom is 0.338 e. The van der Waals surface area contributed by atoms with Crippen LogP contribution in [-0.4, -0.2) is 12.1 Å². The van der Waals surface area contributed by atoms with Gasteiger partial charge in [-0.05, 0) is 36.8 Å². The fourth-order valence-electron chi connectivity index (χ4n) is 2.13. The molecule has 0 aliphatic heterocycles. The van der Waals surface area contributed by atoms with E-state index >= 15 is 0 Å². The van der Waals surface area contributed by atoms with E-state index in [4.69, 9.17) is 4.74 Å². The molecule has 0 amide bonds. The summed E-state index contributed by atoms with van der Waals surface area (Å²) in [7, 11) is 0. The van der Waals surface area contributed by atoms with Gasteiger partial charge in [-0.1, -0.05) is 52.3 Å². The molecule has 0 unspecified atom stereocenters. The number of hydrogen-bond acceptors (Lipinski definition) is 2. The molecule has 2 nitrogen and oxygen atoms in total. The summed E-state index contributed by atoms with van der Waals surface area (Å²) in [5.74, 6) is 0.930. The predicted molar refractivity (Wildman–Crippen MR) is 79.2 cm³/mol. The lowest BCUT2D eigenvalue weighted by molar-refractivity contribution is 0.0192. The van der Waals surface area contributed by atoms with Crippen LogP contribution in [0.5, 0.6) is 0 Å². The Morgan fingerprint density at radius 1 is 1.11 bits per heavy atom. The molecule has 0 saturated heterocycles. The molecule has 0 heterocycles. The van der Waals surface area contributed by atoms with Crippen molar-refractivity contribution in [1.29, 1.82) is 0 Å². The third-order valence-electron chi connectivity index (χ3n) is 3.38.